The van der Waals surface area contributed by atoms with Crippen LogP contribution in [0.25, 0.3) is 0 Å². The van der Waals surface area contributed by atoms with Gasteiger partial charge >= 0.3 is 0 Å². The lowest BCUT2D eigenvalue weighted by Gasteiger charge is -2.41. The maximum absolute atomic E-state index is 6.04. The summed E-state index contributed by atoms with van der Waals surface area (Å²) in [6, 6.07) is 13.9. The zero-order valence-corrected chi connectivity index (χ0v) is 14.0. The minimum absolute atomic E-state index is 0.229. The summed E-state index contributed by atoms with van der Waals surface area (Å²) in [7, 11) is 0. The number of nitrogens with two attached hydrogens (primary N) is 1. The fourth-order valence-corrected chi connectivity index (χ4v) is 2.85. The zero-order chi connectivity index (χ0) is 16.4. The topological polar surface area (TPSA) is 47.7 Å². The average Bonchev–Trinajstić information content (AvgIpc) is 2.49. The number of fused-ring (bicyclic) bond motifs is 1. The SMILES string of the molecule is Cc1ccc(OCCN2CC(C)(C)Oc3ccc(N)cc32)cc1. The molecule has 1 aliphatic heterocycles. The molecule has 2 N–H and O–H groups in total. The van der Waals surface area contributed by atoms with Crippen LogP contribution in [0.15, 0.2) is 42.5 Å². The maximum atomic E-state index is 6.04. The lowest BCUT2D eigenvalue weighted by Crippen LogP contribution is -2.48. The lowest BCUT2D eigenvalue weighted by molar-refractivity contribution is 0.104. The fraction of sp³-hybridized carbons (Fsp3) is 0.368. The van der Waals surface area contributed by atoms with Gasteiger partial charge in [-0.15, -0.1) is 0 Å². The highest BCUT2D eigenvalue weighted by molar-refractivity contribution is 5.66. The van der Waals surface area contributed by atoms with Crippen LogP contribution in [0.1, 0.15) is 19.4 Å². The van der Waals surface area contributed by atoms with E-state index in [1.807, 2.05) is 30.3 Å². The Morgan fingerprint density at radius 3 is 2.65 bits per heavy atom. The third-order valence-electron chi connectivity index (χ3n) is 3.93. The molecule has 1 aliphatic rings. The molecule has 122 valence electrons. The molecule has 0 spiro atoms. The molecule has 0 saturated carbocycles. The molecule has 0 saturated heterocycles. The van der Waals surface area contributed by atoms with Crippen molar-refractivity contribution in [1.29, 1.82) is 0 Å². The highest BCUT2D eigenvalue weighted by Gasteiger charge is 2.31. The summed E-state index contributed by atoms with van der Waals surface area (Å²) in [5, 5.41) is 0. The summed E-state index contributed by atoms with van der Waals surface area (Å²) < 4.78 is 11.9. The fourth-order valence-electron chi connectivity index (χ4n) is 2.85. The van der Waals surface area contributed by atoms with Crippen LogP contribution in [0, 0.1) is 6.92 Å². The van der Waals surface area contributed by atoms with Gasteiger partial charge in [-0.2, -0.15) is 0 Å². The number of rotatable bonds is 4. The number of hydrogen-bond donors (Lipinski definition) is 1. The van der Waals surface area contributed by atoms with Gasteiger partial charge in [-0.1, -0.05) is 17.7 Å². The van der Waals surface area contributed by atoms with Crippen LogP contribution < -0.4 is 20.1 Å². The molecule has 2 aromatic rings. The molecule has 3 rings (SSSR count). The molecule has 0 atom stereocenters. The second-order valence-corrected chi connectivity index (χ2v) is 6.67. The zero-order valence-electron chi connectivity index (χ0n) is 14.0. The van der Waals surface area contributed by atoms with Gasteiger partial charge in [-0.3, -0.25) is 0 Å². The summed E-state index contributed by atoms with van der Waals surface area (Å²) in [5.74, 6) is 1.78. The minimum Gasteiger partial charge on any atom is -0.492 e. The van der Waals surface area contributed by atoms with E-state index in [4.69, 9.17) is 15.2 Å². The molecule has 0 aromatic heterocycles. The predicted molar refractivity (Wildman–Crippen MR) is 94.4 cm³/mol. The van der Waals surface area contributed by atoms with E-state index >= 15 is 0 Å². The first-order chi connectivity index (χ1) is 10.9. The maximum Gasteiger partial charge on any atom is 0.143 e. The Morgan fingerprint density at radius 1 is 1.17 bits per heavy atom. The first kappa shape index (κ1) is 15.5. The van der Waals surface area contributed by atoms with Crippen LogP contribution in [0.2, 0.25) is 0 Å². The Labute approximate surface area is 137 Å². The first-order valence-corrected chi connectivity index (χ1v) is 7.96. The first-order valence-electron chi connectivity index (χ1n) is 7.96. The predicted octanol–water partition coefficient (Wildman–Crippen LogP) is 3.63. The van der Waals surface area contributed by atoms with E-state index in [-0.39, 0.29) is 5.60 Å². The van der Waals surface area contributed by atoms with Gasteiger partial charge in [0.15, 0.2) is 0 Å². The number of nitrogens with zero attached hydrogens (tertiary/aromatic N) is 1. The molecule has 2 aromatic carbocycles. The molecule has 0 amide bonds. The Hall–Kier alpha value is -2.36. The molecular formula is C19H24N2O2. The number of ether oxygens (including phenoxy) is 2. The Bertz CT molecular complexity index is 680. The van der Waals surface area contributed by atoms with Gasteiger partial charge in [-0.05, 0) is 51.1 Å². The van der Waals surface area contributed by atoms with E-state index in [1.165, 1.54) is 5.56 Å². The van der Waals surface area contributed by atoms with Gasteiger partial charge in [0.05, 0.1) is 18.8 Å². The summed E-state index contributed by atoms with van der Waals surface area (Å²) in [6.07, 6.45) is 0. The summed E-state index contributed by atoms with van der Waals surface area (Å²) in [4.78, 5) is 2.28. The van der Waals surface area contributed by atoms with Crippen LogP contribution in [0.5, 0.6) is 11.5 Å². The average molecular weight is 312 g/mol. The standard InChI is InChI=1S/C19H24N2O2/c1-14-4-7-16(8-5-14)22-11-10-21-13-19(2,3)23-18-9-6-15(20)12-17(18)21/h4-9,12H,10-11,13,20H2,1-3H3. The van der Waals surface area contributed by atoms with E-state index in [9.17, 15) is 0 Å². The van der Waals surface area contributed by atoms with Gasteiger partial charge in [0.2, 0.25) is 0 Å². The highest BCUT2D eigenvalue weighted by atomic mass is 16.5. The number of hydrogen-bond acceptors (Lipinski definition) is 4. The Balaban J connectivity index is 1.69. The molecule has 4 heteroatoms. The molecule has 23 heavy (non-hydrogen) atoms. The van der Waals surface area contributed by atoms with Crippen molar-refractivity contribution < 1.29 is 9.47 Å². The van der Waals surface area contributed by atoms with Crippen molar-refractivity contribution in [3.05, 3.63) is 48.0 Å². The van der Waals surface area contributed by atoms with Crippen LogP contribution in [0.4, 0.5) is 11.4 Å². The van der Waals surface area contributed by atoms with E-state index in [2.05, 4.69) is 37.8 Å². The van der Waals surface area contributed by atoms with Crippen LogP contribution in [0.3, 0.4) is 0 Å². The minimum atomic E-state index is -0.229. The highest BCUT2D eigenvalue weighted by Crippen LogP contribution is 2.38. The number of aryl methyl sites for hydroxylation is 1. The normalized spacial score (nSPS) is 15.7. The molecule has 1 heterocycles. The number of nitrogen functional groups attached to an aromatic ring is 1. The third kappa shape index (κ3) is 3.70. The van der Waals surface area contributed by atoms with E-state index in [1.54, 1.807) is 0 Å². The third-order valence-corrected chi connectivity index (χ3v) is 3.93. The monoisotopic (exact) mass is 312 g/mol. The second-order valence-electron chi connectivity index (χ2n) is 6.67. The lowest BCUT2D eigenvalue weighted by atomic mass is 10.0. The van der Waals surface area contributed by atoms with Gasteiger partial charge in [0.1, 0.15) is 23.7 Å². The van der Waals surface area contributed by atoms with Gasteiger partial charge in [0, 0.05) is 5.69 Å². The van der Waals surface area contributed by atoms with E-state index in [0.29, 0.717) is 6.61 Å². The quantitative estimate of drug-likeness (QED) is 0.876. The largest absolute Gasteiger partial charge is 0.492 e. The molecule has 0 fully saturated rings. The van der Waals surface area contributed by atoms with E-state index in [0.717, 1.165) is 36.0 Å². The number of benzene rings is 2. The van der Waals surface area contributed by atoms with Crippen molar-refractivity contribution in [3.63, 3.8) is 0 Å². The molecule has 0 aliphatic carbocycles. The van der Waals surface area contributed by atoms with Crippen molar-refractivity contribution in [2.75, 3.05) is 30.3 Å². The van der Waals surface area contributed by atoms with Crippen molar-refractivity contribution in [3.8, 4) is 11.5 Å². The number of anilines is 2. The molecule has 0 bridgehead atoms. The second kappa shape index (κ2) is 6.03. The van der Waals surface area contributed by atoms with Crippen molar-refractivity contribution in [2.45, 2.75) is 26.4 Å². The van der Waals surface area contributed by atoms with Crippen molar-refractivity contribution in [1.82, 2.24) is 0 Å². The molecule has 0 unspecified atom stereocenters. The molecule has 0 radical (unpaired) electrons. The summed E-state index contributed by atoms with van der Waals surface area (Å²) >= 11 is 0. The van der Waals surface area contributed by atoms with Crippen LogP contribution in [-0.4, -0.2) is 25.3 Å². The van der Waals surface area contributed by atoms with Crippen LogP contribution >= 0.6 is 0 Å². The molecular weight excluding hydrogens is 288 g/mol. The smallest absolute Gasteiger partial charge is 0.143 e. The summed E-state index contributed by atoms with van der Waals surface area (Å²) in [5.41, 5.74) is 8.72. The molecule has 4 nitrogen and oxygen atoms in total. The van der Waals surface area contributed by atoms with E-state index < -0.39 is 0 Å². The van der Waals surface area contributed by atoms with Gasteiger partial charge in [0.25, 0.3) is 0 Å². The van der Waals surface area contributed by atoms with Crippen molar-refractivity contribution >= 4 is 11.4 Å². The Kier molecular flexibility index (Phi) is 4.07. The summed E-state index contributed by atoms with van der Waals surface area (Å²) in [6.45, 7) is 8.48. The van der Waals surface area contributed by atoms with Crippen LogP contribution in [-0.2, 0) is 0 Å². The van der Waals surface area contributed by atoms with Gasteiger partial charge < -0.3 is 20.1 Å². The van der Waals surface area contributed by atoms with Crippen molar-refractivity contribution in [2.24, 2.45) is 0 Å². The van der Waals surface area contributed by atoms with Gasteiger partial charge in [-0.25, -0.2) is 0 Å². The Morgan fingerprint density at radius 2 is 1.91 bits per heavy atom.